The fourth-order valence-corrected chi connectivity index (χ4v) is 9.73. The topological polar surface area (TPSA) is 351 Å². The Hall–Kier alpha value is -8.97. The molecule has 0 unspecified atom stereocenters. The predicted molar refractivity (Wildman–Crippen MR) is 452 cm³/mol. The normalized spacial score (nSPS) is 10.4. The van der Waals surface area contributed by atoms with Gasteiger partial charge in [0.05, 0.1) is 19.8 Å². The largest absolute Gasteiger partial charge is 0.479 e. The Labute approximate surface area is 731 Å². The Bertz CT molecular complexity index is 4320. The van der Waals surface area contributed by atoms with Crippen LogP contribution in [0.5, 0.6) is 23.0 Å². The maximum absolute atomic E-state index is 12.5. The molecule has 1 radical (unpaired) electrons. The maximum Gasteiger partial charge on any atom is 0.349 e. The monoisotopic (exact) mass is 1920 g/mol. The minimum atomic E-state index is -1.23. The molecule has 0 atom stereocenters. The molecular weight excluding hydrogens is 1840 g/mol. The number of ether oxygens (including phenoxy) is 7. The minimum absolute atomic E-state index is 0. The first-order valence-electron chi connectivity index (χ1n) is 34.3. The smallest absolute Gasteiger partial charge is 0.349 e. The molecule has 0 spiro atoms. The standard InChI is InChI=1S/C21H22ClNO6.C20H20BrClO4.C20H20ClNO6.C17H14Cl2O3.C3H7BrO.2CH4.Ag.HNO2/c1-21(2,20(25)27-13-3-4-14-28-23-26)29-18-11-7-16(8-12-18)19(24)15-5-9-17(22)10-6-15;1-20(2,19(24)25-13-3-12-21)26-17-10-6-15(7-11-17)18(23)14-4-8-16(22)9-5-14;1-20(2,19(24)26-12-3-13-27-22-25)28-17-10-6-15(7-11-17)18(23)14-4-8-16(21)9-5-14;1-17(2,16(19)21)22-14-9-5-12(6-10-14)15(20)11-3-7-13(18)8-4-11;4-2-1-3-5;;;;2-1-3/h5-12H,3-4,13-14H2,1-2H3;4-11H,3,12-13H2,1-2H3;4-11H,3,12-13H2,1-2H3;3-10H,1-2H3;5H,1-3H2;2*1H4;;(H,2,3)/p-1. The van der Waals surface area contributed by atoms with E-state index in [1.807, 2.05) is 0 Å². The van der Waals surface area contributed by atoms with Crippen LogP contribution in [0.1, 0.15) is 166 Å². The number of carbonyl (C=O) groups is 8. The summed E-state index contributed by atoms with van der Waals surface area (Å²) in [6, 6.07) is 52.8. The van der Waals surface area contributed by atoms with Gasteiger partial charge in [-0.25, -0.2) is 14.4 Å². The van der Waals surface area contributed by atoms with Gasteiger partial charge in [-0.15, -0.1) is 15.2 Å². The van der Waals surface area contributed by atoms with E-state index in [9.17, 15) is 48.2 Å². The van der Waals surface area contributed by atoms with E-state index in [1.165, 1.54) is 0 Å². The fourth-order valence-electron chi connectivity index (χ4n) is 8.71. The molecule has 8 aromatic rings. The molecule has 0 aliphatic heterocycles. The Kier molecular flexibility index (Phi) is 52.0. The zero-order valence-electron chi connectivity index (χ0n) is 63.0. The molecule has 33 heteroatoms. The van der Waals surface area contributed by atoms with Crippen molar-refractivity contribution in [1.29, 1.82) is 0 Å². The number of unbranched alkanes of at least 4 members (excludes halogenated alkanes) is 1. The molecule has 1 N–H and O–H groups in total. The number of alkyl halides is 2. The van der Waals surface area contributed by atoms with Crippen molar-refractivity contribution in [3.8, 4) is 23.0 Å². The van der Waals surface area contributed by atoms with Crippen molar-refractivity contribution in [1.82, 2.24) is 0 Å². The summed E-state index contributed by atoms with van der Waals surface area (Å²) >= 11 is 35.2. The van der Waals surface area contributed by atoms with Crippen LogP contribution in [-0.4, -0.2) is 124 Å². The number of hydrogen-bond acceptors (Lipinski definition) is 25. The van der Waals surface area contributed by atoms with Crippen molar-refractivity contribution in [3.63, 3.8) is 0 Å². The van der Waals surface area contributed by atoms with Crippen LogP contribution >= 0.6 is 89.9 Å². The van der Waals surface area contributed by atoms with Gasteiger partial charge < -0.3 is 58.1 Å². The van der Waals surface area contributed by atoms with Crippen molar-refractivity contribution in [3.05, 3.63) is 279 Å². The van der Waals surface area contributed by atoms with E-state index in [0.29, 0.717) is 120 Å². The second-order valence-corrected chi connectivity index (χ2v) is 29.0. The summed E-state index contributed by atoms with van der Waals surface area (Å²) in [5, 5.41) is 24.9. The van der Waals surface area contributed by atoms with Crippen LogP contribution in [0.15, 0.2) is 210 Å². The molecule has 8 rings (SSSR count). The molecule has 25 nitrogen and oxygen atoms in total. The van der Waals surface area contributed by atoms with Crippen molar-refractivity contribution in [2.45, 2.75) is 125 Å². The van der Waals surface area contributed by atoms with Gasteiger partial charge in [-0.3, -0.25) is 24.0 Å². The molecule has 0 heterocycles. The van der Waals surface area contributed by atoms with E-state index >= 15 is 0 Å². The van der Waals surface area contributed by atoms with Gasteiger partial charge in [-0.1, -0.05) is 93.1 Å². The summed E-state index contributed by atoms with van der Waals surface area (Å²) < 4.78 is 38.2. The van der Waals surface area contributed by atoms with Crippen molar-refractivity contribution in [2.75, 3.05) is 50.3 Å². The average molecular weight is 1930 g/mol. The second kappa shape index (κ2) is 56.4. The van der Waals surface area contributed by atoms with E-state index in [1.54, 1.807) is 250 Å². The quantitative estimate of drug-likeness (QED) is 0.00438. The van der Waals surface area contributed by atoms with Crippen LogP contribution in [0.2, 0.25) is 20.1 Å². The van der Waals surface area contributed by atoms with Crippen LogP contribution in [0, 0.1) is 19.9 Å². The van der Waals surface area contributed by atoms with Crippen molar-refractivity contribution >= 4 is 136 Å². The molecule has 0 bridgehead atoms. The van der Waals surface area contributed by atoms with Crippen molar-refractivity contribution in [2.24, 2.45) is 16.0 Å². The van der Waals surface area contributed by atoms with E-state index in [2.05, 4.69) is 52.2 Å². The molecule has 116 heavy (non-hydrogen) atoms. The van der Waals surface area contributed by atoms with Crippen LogP contribution in [-0.2, 0) is 65.4 Å². The summed E-state index contributed by atoms with van der Waals surface area (Å²) in [5.41, 5.74) is -0.496. The van der Waals surface area contributed by atoms with Gasteiger partial charge in [0, 0.05) is 111 Å². The molecule has 631 valence electrons. The predicted octanol–water partition coefficient (Wildman–Crippen LogP) is 20.9. The number of hydrogen-bond donors (Lipinski definition) is 1. The van der Waals surface area contributed by atoms with E-state index in [4.69, 9.17) is 106 Å². The van der Waals surface area contributed by atoms with E-state index in [0.717, 1.165) is 28.8 Å². The Morgan fingerprint density at radius 1 is 0.345 bits per heavy atom. The van der Waals surface area contributed by atoms with Crippen LogP contribution in [0.4, 0.5) is 0 Å². The van der Waals surface area contributed by atoms with Gasteiger partial charge in [-0.2, -0.15) is 0 Å². The number of benzene rings is 8. The number of nitrogens with zero attached hydrogens (tertiary/aromatic N) is 3. The van der Waals surface area contributed by atoms with Crippen molar-refractivity contribution < 1.29 is 109 Å². The zero-order chi connectivity index (χ0) is 84.2. The first kappa shape index (κ1) is 107. The molecular formula is C83H91AgBr2Cl5N3O22-. The summed E-state index contributed by atoms with van der Waals surface area (Å²) in [6.07, 6.45) is 3.03. The number of carbonyl (C=O) groups excluding carboxylic acids is 8. The molecule has 0 aromatic heterocycles. The third-order valence-electron chi connectivity index (χ3n) is 14.7. The molecule has 0 aliphatic rings. The Balaban J connectivity index is 0.00000146. The third-order valence-corrected chi connectivity index (χ3v) is 17.3. The first-order chi connectivity index (χ1) is 53.6. The first-order valence-corrected chi connectivity index (χ1v) is 38.4. The molecule has 0 saturated carbocycles. The molecule has 0 fully saturated rings. The van der Waals surface area contributed by atoms with Gasteiger partial charge in [0.25, 0.3) is 5.24 Å². The van der Waals surface area contributed by atoms with Crippen LogP contribution in [0.25, 0.3) is 0 Å². The Morgan fingerprint density at radius 3 is 0.750 bits per heavy atom. The average Bonchev–Trinajstić information content (AvgIpc) is 0.842. The second-order valence-electron chi connectivity index (χ2n) is 25.3. The summed E-state index contributed by atoms with van der Waals surface area (Å²) in [4.78, 5) is 134. The fraction of sp³-hybridized carbons (Fsp3) is 0.325. The number of aliphatic hydroxyl groups is 1. The minimum Gasteiger partial charge on any atom is -0.479 e. The zero-order valence-corrected chi connectivity index (χ0v) is 71.4. The van der Waals surface area contributed by atoms with Crippen LogP contribution in [0.3, 0.4) is 0 Å². The van der Waals surface area contributed by atoms with Gasteiger partial charge in [0.2, 0.25) is 0 Å². The molecule has 0 amide bonds. The molecule has 8 aromatic carbocycles. The SMILES string of the molecule is C.C.CC(C)(Oc1ccc(C(=O)c2ccc(Cl)cc2)cc1)C(=O)Cl.CC(C)(Oc1ccc(C(=O)c2ccc(Cl)cc2)cc1)C(=O)OCCCBr.CC(C)(Oc1ccc(C(=O)c2ccc(Cl)cc2)cc1)C(=O)OCCCCON=O.CC(C)(Oc1ccc(C(=O)c2ccc(Cl)cc2)cc1)C(=O)OCCCON=O.O=N[O-].OCCCBr.[Ag]. The summed E-state index contributed by atoms with van der Waals surface area (Å²) in [6.45, 7) is 14.0. The number of rotatable bonds is 36. The number of halogens is 7. The third kappa shape index (κ3) is 39.8. The number of ketones is 4. The van der Waals surface area contributed by atoms with Gasteiger partial charge in [-0.05, 0) is 287 Å². The van der Waals surface area contributed by atoms with Crippen LogP contribution < -0.4 is 18.9 Å². The number of esters is 3. The maximum atomic E-state index is 12.5. The van der Waals surface area contributed by atoms with Gasteiger partial charge >= 0.3 is 17.9 Å². The molecule has 0 aliphatic carbocycles. The Morgan fingerprint density at radius 2 is 0.543 bits per heavy atom. The summed E-state index contributed by atoms with van der Waals surface area (Å²) in [7, 11) is 0. The van der Waals surface area contributed by atoms with Gasteiger partial charge in [0.15, 0.2) is 56.2 Å². The molecule has 0 saturated heterocycles. The van der Waals surface area contributed by atoms with E-state index in [-0.39, 0.29) is 86.8 Å². The number of aliphatic hydroxyl groups excluding tert-OH is 1. The van der Waals surface area contributed by atoms with E-state index < -0.39 is 45.6 Å². The summed E-state index contributed by atoms with van der Waals surface area (Å²) in [5.74, 6) is -0.215. The van der Waals surface area contributed by atoms with Gasteiger partial charge in [0.1, 0.15) is 36.2 Å².